The lowest BCUT2D eigenvalue weighted by Gasteiger charge is -2.12. The number of carbonyl (C=O) groups is 1. The van der Waals surface area contributed by atoms with Crippen LogP contribution >= 0.6 is 0 Å². The van der Waals surface area contributed by atoms with Crippen molar-refractivity contribution in [2.75, 3.05) is 6.54 Å². The standard InChI is InChI=1S/C19H23FN2O3S/c1-13(2)22-26(24,25)17-8-7-14(3)18(12-17)19(23)21-10-9-15-5-4-6-16(20)11-15/h4-8,11-13,22H,9-10H2,1-3H3,(H,21,23). The summed E-state index contributed by atoms with van der Waals surface area (Å²) in [5.41, 5.74) is 1.76. The van der Waals surface area contributed by atoms with E-state index in [1.165, 1.54) is 24.3 Å². The van der Waals surface area contributed by atoms with Crippen LogP contribution in [0.15, 0.2) is 47.4 Å². The fraction of sp³-hybridized carbons (Fsp3) is 0.316. The lowest BCUT2D eigenvalue weighted by Crippen LogP contribution is -2.31. The van der Waals surface area contributed by atoms with Crippen molar-refractivity contribution in [3.63, 3.8) is 0 Å². The van der Waals surface area contributed by atoms with Gasteiger partial charge in [-0.3, -0.25) is 4.79 Å². The van der Waals surface area contributed by atoms with Gasteiger partial charge in [0.15, 0.2) is 0 Å². The van der Waals surface area contributed by atoms with Crippen LogP contribution in [-0.4, -0.2) is 26.9 Å². The molecule has 2 rings (SSSR count). The molecule has 0 radical (unpaired) electrons. The van der Waals surface area contributed by atoms with Gasteiger partial charge in [0.05, 0.1) is 4.90 Å². The zero-order valence-corrected chi connectivity index (χ0v) is 15.9. The molecule has 0 spiro atoms. The van der Waals surface area contributed by atoms with E-state index in [0.717, 1.165) is 5.56 Å². The Morgan fingerprint density at radius 2 is 1.88 bits per heavy atom. The van der Waals surface area contributed by atoms with Crippen molar-refractivity contribution < 1.29 is 17.6 Å². The van der Waals surface area contributed by atoms with Crippen molar-refractivity contribution in [2.45, 2.75) is 38.1 Å². The number of carbonyl (C=O) groups excluding carboxylic acids is 1. The smallest absolute Gasteiger partial charge is 0.251 e. The molecule has 2 N–H and O–H groups in total. The SMILES string of the molecule is Cc1ccc(S(=O)(=O)NC(C)C)cc1C(=O)NCCc1cccc(F)c1. The Morgan fingerprint density at radius 3 is 2.54 bits per heavy atom. The predicted molar refractivity (Wildman–Crippen MR) is 99.1 cm³/mol. The molecule has 5 nitrogen and oxygen atoms in total. The minimum atomic E-state index is -3.67. The van der Waals surface area contributed by atoms with E-state index in [-0.39, 0.29) is 22.7 Å². The molecule has 0 saturated carbocycles. The van der Waals surface area contributed by atoms with Crippen molar-refractivity contribution in [1.29, 1.82) is 0 Å². The average molecular weight is 378 g/mol. The summed E-state index contributed by atoms with van der Waals surface area (Å²) in [6, 6.07) is 10.4. The highest BCUT2D eigenvalue weighted by molar-refractivity contribution is 7.89. The summed E-state index contributed by atoms with van der Waals surface area (Å²) in [4.78, 5) is 12.5. The number of sulfonamides is 1. The second-order valence-electron chi connectivity index (χ2n) is 6.39. The first-order chi connectivity index (χ1) is 12.2. The summed E-state index contributed by atoms with van der Waals surface area (Å²) >= 11 is 0. The molecule has 0 aliphatic carbocycles. The Morgan fingerprint density at radius 1 is 1.15 bits per heavy atom. The molecule has 0 heterocycles. The second kappa shape index (κ2) is 8.42. The molecule has 0 aromatic heterocycles. The third-order valence-corrected chi connectivity index (χ3v) is 5.40. The maximum Gasteiger partial charge on any atom is 0.251 e. The predicted octanol–water partition coefficient (Wildman–Crippen LogP) is 2.79. The first-order valence-corrected chi connectivity index (χ1v) is 9.83. The molecule has 7 heteroatoms. The minimum Gasteiger partial charge on any atom is -0.352 e. The van der Waals surface area contributed by atoms with Gasteiger partial charge in [0.1, 0.15) is 5.82 Å². The summed E-state index contributed by atoms with van der Waals surface area (Å²) in [5, 5.41) is 2.75. The normalized spacial score (nSPS) is 11.6. The first-order valence-electron chi connectivity index (χ1n) is 8.34. The van der Waals surface area contributed by atoms with Gasteiger partial charge in [-0.05, 0) is 62.6 Å². The highest BCUT2D eigenvalue weighted by Crippen LogP contribution is 2.16. The quantitative estimate of drug-likeness (QED) is 0.778. The monoisotopic (exact) mass is 378 g/mol. The van der Waals surface area contributed by atoms with Crippen LogP contribution < -0.4 is 10.0 Å². The molecule has 2 aromatic carbocycles. The van der Waals surface area contributed by atoms with E-state index in [4.69, 9.17) is 0 Å². The average Bonchev–Trinajstić information content (AvgIpc) is 2.53. The second-order valence-corrected chi connectivity index (χ2v) is 8.10. The summed E-state index contributed by atoms with van der Waals surface area (Å²) in [7, 11) is -3.67. The number of nitrogens with one attached hydrogen (secondary N) is 2. The molecule has 2 aromatic rings. The Hall–Kier alpha value is -2.25. The molecule has 140 valence electrons. The summed E-state index contributed by atoms with van der Waals surface area (Å²) in [5.74, 6) is -0.680. The van der Waals surface area contributed by atoms with Crippen LogP contribution in [0.3, 0.4) is 0 Å². The van der Waals surface area contributed by atoms with Crippen LogP contribution in [0.2, 0.25) is 0 Å². The van der Waals surface area contributed by atoms with Crippen LogP contribution in [0.25, 0.3) is 0 Å². The lowest BCUT2D eigenvalue weighted by atomic mass is 10.1. The van der Waals surface area contributed by atoms with Crippen LogP contribution in [0.5, 0.6) is 0 Å². The number of benzene rings is 2. The van der Waals surface area contributed by atoms with Crippen LogP contribution in [0, 0.1) is 12.7 Å². The van der Waals surface area contributed by atoms with Crippen LogP contribution in [-0.2, 0) is 16.4 Å². The molecular formula is C19H23FN2O3S. The summed E-state index contributed by atoms with van der Waals surface area (Å²) in [6.07, 6.45) is 0.482. The van der Waals surface area contributed by atoms with Crippen molar-refractivity contribution in [3.8, 4) is 0 Å². The highest BCUT2D eigenvalue weighted by atomic mass is 32.2. The zero-order valence-electron chi connectivity index (χ0n) is 15.0. The van der Waals surface area contributed by atoms with Gasteiger partial charge in [-0.1, -0.05) is 18.2 Å². The topological polar surface area (TPSA) is 75.3 Å². The van der Waals surface area contributed by atoms with Crippen molar-refractivity contribution in [1.82, 2.24) is 10.0 Å². The molecule has 0 saturated heterocycles. The minimum absolute atomic E-state index is 0.0482. The van der Waals surface area contributed by atoms with Crippen molar-refractivity contribution in [2.24, 2.45) is 0 Å². The number of halogens is 1. The van der Waals surface area contributed by atoms with Crippen LogP contribution in [0.1, 0.15) is 35.3 Å². The highest BCUT2D eigenvalue weighted by Gasteiger charge is 2.18. The molecule has 0 aliphatic rings. The third-order valence-electron chi connectivity index (χ3n) is 3.74. The first kappa shape index (κ1) is 20.1. The summed E-state index contributed by atoms with van der Waals surface area (Å²) in [6.45, 7) is 5.52. The number of aryl methyl sites for hydroxylation is 1. The molecule has 26 heavy (non-hydrogen) atoms. The Bertz CT molecular complexity index is 895. The van der Waals surface area contributed by atoms with Crippen LogP contribution in [0.4, 0.5) is 4.39 Å². The van der Waals surface area contributed by atoms with Gasteiger partial charge < -0.3 is 5.32 Å². The van der Waals surface area contributed by atoms with E-state index in [9.17, 15) is 17.6 Å². The molecule has 0 bridgehead atoms. The van der Waals surface area contributed by atoms with Gasteiger partial charge in [-0.25, -0.2) is 17.5 Å². The molecule has 0 unspecified atom stereocenters. The zero-order chi connectivity index (χ0) is 19.3. The maximum atomic E-state index is 13.2. The molecular weight excluding hydrogens is 355 g/mol. The van der Waals surface area contributed by atoms with E-state index >= 15 is 0 Å². The molecule has 1 amide bonds. The van der Waals surface area contributed by atoms with Gasteiger partial charge in [0.2, 0.25) is 10.0 Å². The lowest BCUT2D eigenvalue weighted by molar-refractivity contribution is 0.0953. The third kappa shape index (κ3) is 5.37. The Balaban J connectivity index is 2.09. The van der Waals surface area contributed by atoms with E-state index in [0.29, 0.717) is 24.1 Å². The Labute approximate surface area is 153 Å². The number of hydrogen-bond acceptors (Lipinski definition) is 3. The maximum absolute atomic E-state index is 13.2. The molecule has 0 aliphatic heterocycles. The summed E-state index contributed by atoms with van der Waals surface area (Å²) < 4.78 is 40.2. The van der Waals surface area contributed by atoms with E-state index in [1.54, 1.807) is 39.0 Å². The van der Waals surface area contributed by atoms with E-state index in [1.807, 2.05) is 0 Å². The van der Waals surface area contributed by atoms with Gasteiger partial charge in [-0.15, -0.1) is 0 Å². The molecule has 0 atom stereocenters. The van der Waals surface area contributed by atoms with Crippen molar-refractivity contribution >= 4 is 15.9 Å². The Kier molecular flexibility index (Phi) is 6.50. The van der Waals surface area contributed by atoms with Gasteiger partial charge in [0, 0.05) is 18.2 Å². The fourth-order valence-corrected chi connectivity index (χ4v) is 3.78. The number of rotatable bonds is 7. The fourth-order valence-electron chi connectivity index (χ4n) is 2.50. The van der Waals surface area contributed by atoms with E-state index in [2.05, 4.69) is 10.0 Å². The van der Waals surface area contributed by atoms with Gasteiger partial charge >= 0.3 is 0 Å². The van der Waals surface area contributed by atoms with Gasteiger partial charge in [-0.2, -0.15) is 0 Å². The number of hydrogen-bond donors (Lipinski definition) is 2. The largest absolute Gasteiger partial charge is 0.352 e. The molecule has 0 fully saturated rings. The number of amides is 1. The van der Waals surface area contributed by atoms with Crippen molar-refractivity contribution in [3.05, 3.63) is 65.0 Å². The van der Waals surface area contributed by atoms with Gasteiger partial charge in [0.25, 0.3) is 5.91 Å². The van der Waals surface area contributed by atoms with E-state index < -0.39 is 10.0 Å².